The SMILES string of the molecule is CC(=O)Oc1cccc(C23CCN(CC4CC4)CC2(OC(C)=O)CC[C@@H](N(C)C(=O)c2ccccc2)C3)c1. The highest BCUT2D eigenvalue weighted by Crippen LogP contribution is 2.55. The second-order valence-electron chi connectivity index (χ2n) is 11.4. The van der Waals surface area contributed by atoms with Crippen LogP contribution in [-0.2, 0) is 19.7 Å². The molecular weight excluding hydrogens is 480 g/mol. The quantitative estimate of drug-likeness (QED) is 0.394. The maximum Gasteiger partial charge on any atom is 0.308 e. The van der Waals surface area contributed by atoms with Gasteiger partial charge in [-0.15, -0.1) is 0 Å². The van der Waals surface area contributed by atoms with E-state index in [-0.39, 0.29) is 23.9 Å². The summed E-state index contributed by atoms with van der Waals surface area (Å²) in [5, 5.41) is 0. The molecule has 1 amide bonds. The molecule has 3 atom stereocenters. The number of piperidine rings is 1. The molecule has 7 nitrogen and oxygen atoms in total. The number of hydrogen-bond donors (Lipinski definition) is 0. The molecule has 2 unspecified atom stereocenters. The highest BCUT2D eigenvalue weighted by molar-refractivity contribution is 5.94. The number of esters is 2. The Bertz CT molecular complexity index is 1200. The Morgan fingerprint density at radius 3 is 2.42 bits per heavy atom. The molecule has 1 heterocycles. The number of amides is 1. The lowest BCUT2D eigenvalue weighted by Crippen LogP contribution is -2.68. The highest BCUT2D eigenvalue weighted by Gasteiger charge is 2.61. The van der Waals surface area contributed by atoms with Crippen molar-refractivity contribution in [1.29, 1.82) is 0 Å². The second-order valence-corrected chi connectivity index (χ2v) is 11.4. The molecule has 0 radical (unpaired) electrons. The van der Waals surface area contributed by atoms with Gasteiger partial charge in [-0.25, -0.2) is 0 Å². The summed E-state index contributed by atoms with van der Waals surface area (Å²) in [6.07, 6.45) is 5.38. The van der Waals surface area contributed by atoms with Crippen LogP contribution >= 0.6 is 0 Å². The first-order chi connectivity index (χ1) is 18.2. The zero-order chi connectivity index (χ0) is 26.9. The maximum absolute atomic E-state index is 13.4. The molecule has 2 aliphatic carbocycles. The lowest BCUT2D eigenvalue weighted by atomic mass is 9.55. The zero-order valence-electron chi connectivity index (χ0n) is 22.7. The van der Waals surface area contributed by atoms with Crippen LogP contribution in [0.15, 0.2) is 54.6 Å². The zero-order valence-corrected chi connectivity index (χ0v) is 22.7. The number of nitrogens with zero attached hydrogens (tertiary/aromatic N) is 2. The molecule has 38 heavy (non-hydrogen) atoms. The molecule has 2 saturated carbocycles. The lowest BCUT2D eigenvalue weighted by Gasteiger charge is -2.60. The first kappa shape index (κ1) is 26.4. The van der Waals surface area contributed by atoms with E-state index in [1.807, 2.05) is 54.4 Å². The van der Waals surface area contributed by atoms with Crippen LogP contribution in [0.2, 0.25) is 0 Å². The Kier molecular flexibility index (Phi) is 7.32. The highest BCUT2D eigenvalue weighted by atomic mass is 16.6. The van der Waals surface area contributed by atoms with Gasteiger partial charge in [0.25, 0.3) is 5.91 Å². The van der Waals surface area contributed by atoms with E-state index in [9.17, 15) is 14.4 Å². The van der Waals surface area contributed by atoms with Crippen molar-refractivity contribution in [2.45, 2.75) is 69.4 Å². The van der Waals surface area contributed by atoms with Gasteiger partial charge in [-0.05, 0) is 80.8 Å². The molecule has 1 saturated heterocycles. The van der Waals surface area contributed by atoms with Crippen LogP contribution < -0.4 is 4.74 Å². The standard InChI is InChI=1S/C31H38N2O5/c1-22(34)37-28-11-7-10-26(18-28)30-16-17-33(20-24-12-13-24)21-31(30,38-23(2)35)15-14-27(19-30)32(3)29(36)25-8-5-4-6-9-25/h4-11,18,24,27H,12-17,19-21H2,1-3H3/t27-,30?,31?/m1/s1. The molecule has 0 aromatic heterocycles. The largest absolute Gasteiger partial charge is 0.457 e. The molecular formula is C31H38N2O5. The van der Waals surface area contributed by atoms with Gasteiger partial charge in [0.1, 0.15) is 11.4 Å². The summed E-state index contributed by atoms with van der Waals surface area (Å²) in [4.78, 5) is 42.1. The third-order valence-corrected chi connectivity index (χ3v) is 8.76. The Balaban J connectivity index is 1.54. The van der Waals surface area contributed by atoms with Gasteiger partial charge in [-0.1, -0.05) is 30.3 Å². The first-order valence-corrected chi connectivity index (χ1v) is 13.7. The monoisotopic (exact) mass is 518 g/mol. The summed E-state index contributed by atoms with van der Waals surface area (Å²) >= 11 is 0. The van der Waals surface area contributed by atoms with Crippen molar-refractivity contribution in [2.24, 2.45) is 5.92 Å². The van der Waals surface area contributed by atoms with Crippen LogP contribution in [0.1, 0.15) is 68.3 Å². The van der Waals surface area contributed by atoms with Gasteiger partial charge in [0, 0.05) is 51.0 Å². The average Bonchev–Trinajstić information content (AvgIpc) is 3.71. The summed E-state index contributed by atoms with van der Waals surface area (Å²) < 4.78 is 11.8. The number of rotatable bonds is 7. The van der Waals surface area contributed by atoms with E-state index in [4.69, 9.17) is 9.47 Å². The average molecular weight is 519 g/mol. The summed E-state index contributed by atoms with van der Waals surface area (Å²) in [7, 11) is 1.88. The van der Waals surface area contributed by atoms with Gasteiger partial charge in [0.05, 0.1) is 0 Å². The molecule has 5 rings (SSSR count). The predicted octanol–water partition coefficient (Wildman–Crippen LogP) is 4.59. The Labute approximate surface area is 225 Å². The topological polar surface area (TPSA) is 76.2 Å². The fourth-order valence-electron chi connectivity index (χ4n) is 6.79. The fourth-order valence-corrected chi connectivity index (χ4v) is 6.79. The lowest BCUT2D eigenvalue weighted by molar-refractivity contribution is -0.188. The summed E-state index contributed by atoms with van der Waals surface area (Å²) in [6, 6.07) is 17.0. The molecule has 202 valence electrons. The molecule has 3 fully saturated rings. The minimum atomic E-state index is -0.728. The van der Waals surface area contributed by atoms with E-state index in [2.05, 4.69) is 11.0 Å². The van der Waals surface area contributed by atoms with Crippen LogP contribution in [0.5, 0.6) is 5.75 Å². The van der Waals surface area contributed by atoms with Crippen LogP contribution in [0.3, 0.4) is 0 Å². The number of carbonyl (C=O) groups excluding carboxylic acids is 3. The van der Waals surface area contributed by atoms with E-state index >= 15 is 0 Å². The van der Waals surface area contributed by atoms with Gasteiger partial charge < -0.3 is 14.4 Å². The van der Waals surface area contributed by atoms with Crippen LogP contribution in [0.4, 0.5) is 0 Å². The Hall–Kier alpha value is -3.19. The summed E-state index contributed by atoms with van der Waals surface area (Å²) in [5.74, 6) is 0.545. The number of fused-ring (bicyclic) bond motifs is 1. The second kappa shape index (κ2) is 10.5. The van der Waals surface area contributed by atoms with Gasteiger partial charge >= 0.3 is 11.9 Å². The Morgan fingerprint density at radius 2 is 1.74 bits per heavy atom. The Morgan fingerprint density at radius 1 is 0.974 bits per heavy atom. The molecule has 2 aromatic carbocycles. The van der Waals surface area contributed by atoms with Crippen LogP contribution in [0, 0.1) is 5.92 Å². The number of benzene rings is 2. The number of ether oxygens (including phenoxy) is 2. The van der Waals surface area contributed by atoms with Crippen molar-refractivity contribution in [3.63, 3.8) is 0 Å². The van der Waals surface area contributed by atoms with Crippen molar-refractivity contribution in [2.75, 3.05) is 26.7 Å². The summed E-state index contributed by atoms with van der Waals surface area (Å²) in [5.41, 5.74) is 0.405. The van der Waals surface area contributed by atoms with E-state index in [1.165, 1.54) is 26.7 Å². The van der Waals surface area contributed by atoms with Gasteiger partial charge in [0.15, 0.2) is 0 Å². The van der Waals surface area contributed by atoms with Crippen molar-refractivity contribution in [1.82, 2.24) is 9.80 Å². The third-order valence-electron chi connectivity index (χ3n) is 8.76. The molecule has 1 aliphatic heterocycles. The molecule has 7 heteroatoms. The van der Waals surface area contributed by atoms with E-state index < -0.39 is 11.0 Å². The maximum atomic E-state index is 13.4. The first-order valence-electron chi connectivity index (χ1n) is 13.7. The van der Waals surface area contributed by atoms with Gasteiger partial charge in [-0.3, -0.25) is 19.3 Å². The minimum absolute atomic E-state index is 0.00873. The molecule has 0 N–H and O–H groups in total. The minimum Gasteiger partial charge on any atom is -0.457 e. The van der Waals surface area contributed by atoms with Crippen LogP contribution in [0.25, 0.3) is 0 Å². The molecule has 0 spiro atoms. The molecule has 3 aliphatic rings. The van der Waals surface area contributed by atoms with Crippen molar-refractivity contribution in [3.8, 4) is 5.75 Å². The van der Waals surface area contributed by atoms with Crippen molar-refractivity contribution in [3.05, 3.63) is 65.7 Å². The smallest absolute Gasteiger partial charge is 0.308 e. The molecule has 2 aromatic rings. The number of likely N-dealkylation sites (tertiary alicyclic amines) is 1. The number of hydrogen-bond acceptors (Lipinski definition) is 6. The van der Waals surface area contributed by atoms with E-state index in [0.29, 0.717) is 30.7 Å². The number of carbonyl (C=O) groups is 3. The van der Waals surface area contributed by atoms with E-state index in [0.717, 1.165) is 37.4 Å². The normalized spacial score (nSPS) is 27.2. The van der Waals surface area contributed by atoms with Crippen molar-refractivity contribution < 1.29 is 23.9 Å². The van der Waals surface area contributed by atoms with E-state index in [1.54, 1.807) is 6.07 Å². The summed E-state index contributed by atoms with van der Waals surface area (Å²) in [6.45, 7) is 5.48. The van der Waals surface area contributed by atoms with Gasteiger partial charge in [0.2, 0.25) is 0 Å². The van der Waals surface area contributed by atoms with Crippen LogP contribution in [-0.4, -0.2) is 66.0 Å². The predicted molar refractivity (Wildman–Crippen MR) is 144 cm³/mol. The third kappa shape index (κ3) is 5.21. The molecule has 0 bridgehead atoms. The fraction of sp³-hybridized carbons (Fsp3) is 0.516. The van der Waals surface area contributed by atoms with Gasteiger partial charge in [-0.2, -0.15) is 0 Å². The van der Waals surface area contributed by atoms with Crippen molar-refractivity contribution >= 4 is 17.8 Å².